The lowest BCUT2D eigenvalue weighted by atomic mass is 10.1. The summed E-state index contributed by atoms with van der Waals surface area (Å²) in [6, 6.07) is 6.82. The van der Waals surface area contributed by atoms with Gasteiger partial charge in [0, 0.05) is 31.4 Å². The summed E-state index contributed by atoms with van der Waals surface area (Å²) in [5.74, 6) is 0.750. The van der Waals surface area contributed by atoms with Crippen LogP contribution in [0.4, 0.5) is 5.69 Å². The molecule has 2 heterocycles. The summed E-state index contributed by atoms with van der Waals surface area (Å²) in [6.07, 6.45) is 2.68. The fourth-order valence-corrected chi connectivity index (χ4v) is 3.33. The molecule has 3 rings (SSSR count). The van der Waals surface area contributed by atoms with E-state index in [0.717, 1.165) is 24.9 Å². The minimum absolute atomic E-state index is 0.698. The third-order valence-electron chi connectivity index (χ3n) is 4.09. The van der Waals surface area contributed by atoms with Crippen molar-refractivity contribution in [3.8, 4) is 5.75 Å². The van der Waals surface area contributed by atoms with E-state index in [0.29, 0.717) is 5.02 Å². The maximum absolute atomic E-state index is 6.20. The molecular formula is C14H19ClN2O. The molecule has 1 aromatic carbocycles. The number of anilines is 1. The van der Waals surface area contributed by atoms with E-state index in [4.69, 9.17) is 16.3 Å². The lowest BCUT2D eigenvalue weighted by Gasteiger charge is -2.38. The van der Waals surface area contributed by atoms with Gasteiger partial charge in [0.05, 0.1) is 12.1 Å². The monoisotopic (exact) mass is 266 g/mol. The number of benzene rings is 1. The summed E-state index contributed by atoms with van der Waals surface area (Å²) in [7, 11) is 1.65. The number of ether oxygens (including phenoxy) is 1. The molecule has 1 aromatic rings. The average Bonchev–Trinajstić information content (AvgIpc) is 2.85. The van der Waals surface area contributed by atoms with Crippen LogP contribution in [0.5, 0.6) is 5.75 Å². The van der Waals surface area contributed by atoms with Crippen LogP contribution >= 0.6 is 11.6 Å². The van der Waals surface area contributed by atoms with Gasteiger partial charge in [0.15, 0.2) is 0 Å². The second-order valence-corrected chi connectivity index (χ2v) is 5.50. The van der Waals surface area contributed by atoms with Crippen molar-refractivity contribution in [2.45, 2.75) is 18.9 Å². The molecule has 0 saturated carbocycles. The average molecular weight is 267 g/mol. The van der Waals surface area contributed by atoms with E-state index in [1.54, 1.807) is 7.11 Å². The maximum Gasteiger partial charge on any atom is 0.137 e. The first kappa shape index (κ1) is 12.1. The highest BCUT2D eigenvalue weighted by molar-refractivity contribution is 6.32. The van der Waals surface area contributed by atoms with Gasteiger partial charge in [0.1, 0.15) is 5.75 Å². The Balaban J connectivity index is 1.76. The van der Waals surface area contributed by atoms with Crippen molar-refractivity contribution in [2.24, 2.45) is 0 Å². The highest BCUT2D eigenvalue weighted by Crippen LogP contribution is 2.31. The molecule has 0 radical (unpaired) electrons. The number of fused-ring (bicyclic) bond motifs is 1. The molecule has 0 aromatic heterocycles. The van der Waals surface area contributed by atoms with Gasteiger partial charge in [0.25, 0.3) is 0 Å². The molecule has 4 heteroatoms. The summed E-state index contributed by atoms with van der Waals surface area (Å²) >= 11 is 6.20. The third-order valence-corrected chi connectivity index (χ3v) is 4.38. The molecule has 0 spiro atoms. The topological polar surface area (TPSA) is 15.7 Å². The first-order valence-electron chi connectivity index (χ1n) is 6.60. The first-order valence-corrected chi connectivity index (χ1v) is 6.98. The second kappa shape index (κ2) is 4.98. The predicted octanol–water partition coefficient (Wildman–Crippen LogP) is 2.63. The molecule has 3 nitrogen and oxygen atoms in total. The number of rotatable bonds is 2. The predicted molar refractivity (Wildman–Crippen MR) is 74.8 cm³/mol. The molecule has 2 saturated heterocycles. The maximum atomic E-state index is 6.20. The summed E-state index contributed by atoms with van der Waals surface area (Å²) < 4.78 is 5.20. The highest BCUT2D eigenvalue weighted by Gasteiger charge is 2.30. The van der Waals surface area contributed by atoms with Crippen LogP contribution in [0, 0.1) is 0 Å². The van der Waals surface area contributed by atoms with Crippen molar-refractivity contribution < 1.29 is 4.74 Å². The number of halogens is 1. The van der Waals surface area contributed by atoms with Crippen LogP contribution in [0.15, 0.2) is 18.2 Å². The van der Waals surface area contributed by atoms with Gasteiger partial charge < -0.3 is 9.64 Å². The van der Waals surface area contributed by atoms with Crippen molar-refractivity contribution in [1.82, 2.24) is 4.90 Å². The number of methoxy groups -OCH3 is 1. The molecule has 0 amide bonds. The molecule has 0 N–H and O–H groups in total. The Morgan fingerprint density at radius 2 is 2.17 bits per heavy atom. The van der Waals surface area contributed by atoms with Crippen LogP contribution in [0.1, 0.15) is 12.8 Å². The minimum atomic E-state index is 0.698. The van der Waals surface area contributed by atoms with Crippen LogP contribution in [0.2, 0.25) is 5.02 Å². The number of piperazine rings is 1. The van der Waals surface area contributed by atoms with Crippen molar-refractivity contribution in [3.63, 3.8) is 0 Å². The molecule has 1 atom stereocenters. The normalized spacial score (nSPS) is 24.1. The van der Waals surface area contributed by atoms with E-state index < -0.39 is 0 Å². The smallest absolute Gasteiger partial charge is 0.137 e. The Kier molecular flexibility index (Phi) is 3.35. The van der Waals surface area contributed by atoms with E-state index in [1.165, 1.54) is 31.6 Å². The van der Waals surface area contributed by atoms with Gasteiger partial charge in [-0.05, 0) is 37.6 Å². The molecule has 2 fully saturated rings. The van der Waals surface area contributed by atoms with Crippen molar-refractivity contribution in [2.75, 3.05) is 38.2 Å². The highest BCUT2D eigenvalue weighted by atomic mass is 35.5. The van der Waals surface area contributed by atoms with Crippen LogP contribution in [0.25, 0.3) is 0 Å². The van der Waals surface area contributed by atoms with Crippen molar-refractivity contribution >= 4 is 17.3 Å². The van der Waals surface area contributed by atoms with Crippen molar-refractivity contribution in [3.05, 3.63) is 23.2 Å². The molecular weight excluding hydrogens is 248 g/mol. The quantitative estimate of drug-likeness (QED) is 0.819. The van der Waals surface area contributed by atoms with Gasteiger partial charge in [-0.3, -0.25) is 4.90 Å². The number of nitrogens with zero attached hydrogens (tertiary/aromatic N) is 2. The number of hydrogen-bond donors (Lipinski definition) is 0. The lowest BCUT2D eigenvalue weighted by Crippen LogP contribution is -2.50. The van der Waals surface area contributed by atoms with Crippen LogP contribution in [0.3, 0.4) is 0 Å². The van der Waals surface area contributed by atoms with Gasteiger partial charge in [-0.25, -0.2) is 0 Å². The fourth-order valence-electron chi connectivity index (χ4n) is 3.08. The largest absolute Gasteiger partial charge is 0.495 e. The van der Waals surface area contributed by atoms with Gasteiger partial charge >= 0.3 is 0 Å². The van der Waals surface area contributed by atoms with E-state index in [1.807, 2.05) is 12.1 Å². The van der Waals surface area contributed by atoms with Crippen LogP contribution in [-0.2, 0) is 0 Å². The zero-order chi connectivity index (χ0) is 12.5. The first-order chi connectivity index (χ1) is 8.78. The molecule has 98 valence electrons. The lowest BCUT2D eigenvalue weighted by molar-refractivity contribution is 0.231. The third kappa shape index (κ3) is 2.17. The fraction of sp³-hybridized carbons (Fsp3) is 0.571. The summed E-state index contributed by atoms with van der Waals surface area (Å²) in [6.45, 7) is 4.68. The van der Waals surface area contributed by atoms with Crippen LogP contribution in [-0.4, -0.2) is 44.2 Å². The van der Waals surface area contributed by atoms with Gasteiger partial charge in [-0.1, -0.05) is 11.6 Å². The molecule has 18 heavy (non-hydrogen) atoms. The molecule has 0 bridgehead atoms. The Morgan fingerprint density at radius 3 is 2.94 bits per heavy atom. The van der Waals surface area contributed by atoms with E-state index in [-0.39, 0.29) is 0 Å². The zero-order valence-electron chi connectivity index (χ0n) is 10.7. The zero-order valence-corrected chi connectivity index (χ0v) is 11.5. The van der Waals surface area contributed by atoms with Gasteiger partial charge in [-0.2, -0.15) is 0 Å². The van der Waals surface area contributed by atoms with Gasteiger partial charge in [0.2, 0.25) is 0 Å². The van der Waals surface area contributed by atoms with Crippen molar-refractivity contribution in [1.29, 1.82) is 0 Å². The standard InChI is InChI=1S/C14H19ClN2O/c1-18-14-5-4-11(9-13(14)15)17-8-7-16-6-2-3-12(16)10-17/h4-5,9,12H,2-3,6-8,10H2,1H3. The molecule has 0 aliphatic carbocycles. The summed E-state index contributed by atoms with van der Waals surface area (Å²) in [4.78, 5) is 5.05. The van der Waals surface area contributed by atoms with Gasteiger partial charge in [-0.15, -0.1) is 0 Å². The Bertz CT molecular complexity index is 438. The van der Waals surface area contributed by atoms with Crippen LogP contribution < -0.4 is 9.64 Å². The number of hydrogen-bond acceptors (Lipinski definition) is 3. The molecule has 2 aliphatic heterocycles. The minimum Gasteiger partial charge on any atom is -0.495 e. The summed E-state index contributed by atoms with van der Waals surface area (Å²) in [5, 5.41) is 0.698. The Labute approximate surface area is 113 Å². The molecule has 2 aliphatic rings. The Hall–Kier alpha value is -0.930. The van der Waals surface area contributed by atoms with E-state index in [2.05, 4.69) is 15.9 Å². The second-order valence-electron chi connectivity index (χ2n) is 5.10. The Morgan fingerprint density at radius 1 is 1.28 bits per heavy atom. The summed E-state index contributed by atoms with van der Waals surface area (Å²) in [5.41, 5.74) is 1.22. The SMILES string of the molecule is COc1ccc(N2CCN3CCCC3C2)cc1Cl. The molecule has 1 unspecified atom stereocenters. The van der Waals surface area contributed by atoms with E-state index >= 15 is 0 Å². The van der Waals surface area contributed by atoms with E-state index in [9.17, 15) is 0 Å².